The first-order valence-corrected chi connectivity index (χ1v) is 23.6. The molecular formula is C62H43N7. The Kier molecular flexibility index (Phi) is 8.79. The molecule has 326 valence electrons. The first-order chi connectivity index (χ1) is 34.2. The van der Waals surface area contributed by atoms with Crippen LogP contribution in [-0.2, 0) is 13.0 Å². The second-order valence-electron chi connectivity index (χ2n) is 18.0. The lowest BCUT2D eigenvalue weighted by molar-refractivity contribution is 0.997. The number of hydrogen-bond acceptors (Lipinski definition) is 3. The molecule has 12 aromatic rings. The molecule has 7 nitrogen and oxygen atoms in total. The number of aromatic nitrogens is 2. The molecule has 69 heavy (non-hydrogen) atoms. The van der Waals surface area contributed by atoms with E-state index in [1.165, 1.54) is 38.1 Å². The van der Waals surface area contributed by atoms with E-state index < -0.39 is 0 Å². The quantitative estimate of drug-likeness (QED) is 0.105. The summed E-state index contributed by atoms with van der Waals surface area (Å²) in [5.74, 6) is 1.03. The average molecular weight is 886 g/mol. The third-order valence-electron chi connectivity index (χ3n) is 14.3. The number of rotatable bonds is 4. The number of allylic oxidation sites excluding steroid dienone is 1. The summed E-state index contributed by atoms with van der Waals surface area (Å²) in [6.07, 6.45) is 6.53. The molecule has 0 spiro atoms. The number of amidine groups is 1. The Morgan fingerprint density at radius 3 is 1.99 bits per heavy atom. The van der Waals surface area contributed by atoms with Crippen LogP contribution in [-0.4, -0.2) is 27.6 Å². The number of hydrogen-bond donors (Lipinski definition) is 2. The number of aliphatic imine (C=N–C) groups is 3. The fraction of sp³-hybridized carbons (Fsp3) is 0.0484. The van der Waals surface area contributed by atoms with Gasteiger partial charge in [-0.15, -0.1) is 0 Å². The van der Waals surface area contributed by atoms with Crippen LogP contribution in [0.4, 0.5) is 22.7 Å². The maximum atomic E-state index is 5.67. The Morgan fingerprint density at radius 1 is 0.536 bits per heavy atom. The highest BCUT2D eigenvalue weighted by Crippen LogP contribution is 2.46. The van der Waals surface area contributed by atoms with Crippen molar-refractivity contribution in [3.05, 3.63) is 216 Å². The number of aryl methyl sites for hydroxylation is 1. The molecule has 0 radical (unpaired) electrons. The van der Waals surface area contributed by atoms with Gasteiger partial charge in [-0.1, -0.05) is 152 Å². The molecule has 0 bridgehead atoms. The molecule has 2 N–H and O–H groups in total. The van der Waals surface area contributed by atoms with E-state index in [0.717, 1.165) is 101 Å². The zero-order chi connectivity index (χ0) is 45.6. The van der Waals surface area contributed by atoms with Crippen molar-refractivity contribution in [2.24, 2.45) is 15.0 Å². The zero-order valence-electron chi connectivity index (χ0n) is 37.6. The Morgan fingerprint density at radius 2 is 1.17 bits per heavy atom. The van der Waals surface area contributed by atoms with Crippen LogP contribution >= 0.6 is 0 Å². The van der Waals surface area contributed by atoms with Crippen LogP contribution in [0.1, 0.15) is 28.7 Å². The molecule has 14 rings (SSSR count). The van der Waals surface area contributed by atoms with Gasteiger partial charge in [0.15, 0.2) is 5.84 Å². The van der Waals surface area contributed by atoms with Crippen molar-refractivity contribution in [1.82, 2.24) is 9.13 Å². The van der Waals surface area contributed by atoms with Crippen molar-refractivity contribution >= 4 is 123 Å². The first-order valence-electron chi connectivity index (χ1n) is 23.6. The van der Waals surface area contributed by atoms with E-state index in [2.05, 4.69) is 227 Å². The molecule has 1 aliphatic heterocycles. The van der Waals surface area contributed by atoms with Gasteiger partial charge in [0.1, 0.15) is 0 Å². The van der Waals surface area contributed by atoms with Crippen LogP contribution in [0.25, 0.3) is 87.7 Å². The van der Waals surface area contributed by atoms with Crippen molar-refractivity contribution in [3.63, 3.8) is 0 Å². The van der Waals surface area contributed by atoms with Gasteiger partial charge in [-0.2, -0.15) is 4.99 Å². The van der Waals surface area contributed by atoms with Crippen molar-refractivity contribution in [2.45, 2.75) is 19.4 Å². The van der Waals surface area contributed by atoms with Gasteiger partial charge in [0, 0.05) is 27.1 Å². The predicted octanol–water partition coefficient (Wildman–Crippen LogP) is 15.7. The SMILES string of the molecule is C=NC(=NC(=NCc1cc2ccccc2c2ccccc12)c1cc2c(c3ccccc13)CCC=C2)n1c2ccccc2c2ccc3c4ccccc4n(-c4cccc5c4Nc4ccccc4N5)c3c21. The van der Waals surface area contributed by atoms with E-state index in [1.54, 1.807) is 0 Å². The second kappa shape index (κ2) is 15.5. The zero-order valence-corrected chi connectivity index (χ0v) is 37.6. The molecule has 0 atom stereocenters. The van der Waals surface area contributed by atoms with Crippen molar-refractivity contribution in [2.75, 3.05) is 10.6 Å². The third-order valence-corrected chi connectivity index (χ3v) is 14.3. The summed E-state index contributed by atoms with van der Waals surface area (Å²) in [6, 6.07) is 67.2. The molecule has 2 aliphatic rings. The van der Waals surface area contributed by atoms with E-state index in [1.807, 2.05) is 0 Å². The average Bonchev–Trinajstić information content (AvgIpc) is 3.93. The normalized spacial score (nSPS) is 13.6. The van der Waals surface area contributed by atoms with Crippen molar-refractivity contribution in [1.29, 1.82) is 0 Å². The summed E-state index contributed by atoms with van der Waals surface area (Å²) in [4.78, 5) is 16.2. The van der Waals surface area contributed by atoms with Crippen LogP contribution in [0.2, 0.25) is 0 Å². The molecule has 1 aliphatic carbocycles. The molecule has 10 aromatic carbocycles. The maximum Gasteiger partial charge on any atom is 0.236 e. The van der Waals surface area contributed by atoms with Crippen molar-refractivity contribution < 1.29 is 0 Å². The molecule has 0 unspecified atom stereocenters. The maximum absolute atomic E-state index is 5.67. The van der Waals surface area contributed by atoms with Crippen LogP contribution in [0, 0.1) is 0 Å². The number of anilines is 4. The van der Waals surface area contributed by atoms with Crippen LogP contribution in [0.15, 0.2) is 209 Å². The summed E-state index contributed by atoms with van der Waals surface area (Å²) in [5.41, 5.74) is 13.8. The lowest BCUT2D eigenvalue weighted by Crippen LogP contribution is -2.14. The second-order valence-corrected chi connectivity index (χ2v) is 18.0. The molecule has 0 saturated heterocycles. The van der Waals surface area contributed by atoms with Gasteiger partial charge in [-0.3, -0.25) is 9.56 Å². The minimum Gasteiger partial charge on any atom is -0.352 e. The smallest absolute Gasteiger partial charge is 0.236 e. The first kappa shape index (κ1) is 39.1. The summed E-state index contributed by atoms with van der Waals surface area (Å²) in [7, 11) is 0. The third kappa shape index (κ3) is 6.03. The van der Waals surface area contributed by atoms with Crippen LogP contribution < -0.4 is 10.6 Å². The molecule has 0 saturated carbocycles. The predicted molar refractivity (Wildman–Crippen MR) is 292 cm³/mol. The van der Waals surface area contributed by atoms with Gasteiger partial charge in [0.25, 0.3) is 0 Å². The Hall–Kier alpha value is -9.07. The van der Waals surface area contributed by atoms with Crippen LogP contribution in [0.3, 0.4) is 0 Å². The summed E-state index contributed by atoms with van der Waals surface area (Å²) in [5, 5.41) is 19.1. The number of fused-ring (bicyclic) bond motifs is 15. The van der Waals surface area contributed by atoms with Gasteiger partial charge in [-0.05, 0) is 117 Å². The summed E-state index contributed by atoms with van der Waals surface area (Å²) < 4.78 is 4.63. The monoisotopic (exact) mass is 885 g/mol. The van der Waals surface area contributed by atoms with Gasteiger partial charge >= 0.3 is 0 Å². The fourth-order valence-corrected chi connectivity index (χ4v) is 11.3. The fourth-order valence-electron chi connectivity index (χ4n) is 11.3. The minimum atomic E-state index is 0.408. The molecule has 7 heteroatoms. The van der Waals surface area contributed by atoms with Crippen molar-refractivity contribution in [3.8, 4) is 5.69 Å². The van der Waals surface area contributed by atoms with Crippen LogP contribution in [0.5, 0.6) is 0 Å². The van der Waals surface area contributed by atoms with Gasteiger partial charge in [0.2, 0.25) is 5.96 Å². The van der Waals surface area contributed by atoms with E-state index in [0.29, 0.717) is 18.3 Å². The molecule has 3 heterocycles. The molecule has 2 aromatic heterocycles. The van der Waals surface area contributed by atoms with E-state index in [9.17, 15) is 0 Å². The van der Waals surface area contributed by atoms with Gasteiger partial charge in [-0.25, -0.2) is 4.99 Å². The molecule has 0 fully saturated rings. The van der Waals surface area contributed by atoms with E-state index in [-0.39, 0.29) is 0 Å². The van der Waals surface area contributed by atoms with E-state index in [4.69, 9.17) is 15.0 Å². The Balaban J connectivity index is 1.06. The standard InChI is InChI=1S/C62H43N7/c1-63-62(67-61(51-36-39-18-3-5-20-42(39)45-23-8-9-24-46(45)51)64-37-40-35-38-17-2-4-19-41(38)44-22-7-6-21-43(40)44)69-56-31-15-11-26-48(56)50-34-33-49-47-25-10-14-30-55(47)68(59(49)60(50)69)57-32-16-29-54-58(57)66-53-28-13-12-27-52(53)65-54/h2-4,6-19,21-36,65-66H,1,5,20,37H2. The highest BCUT2D eigenvalue weighted by molar-refractivity contribution is 6.27. The lowest BCUT2D eigenvalue weighted by atomic mass is 9.89. The number of nitrogens with zero attached hydrogens (tertiary/aromatic N) is 5. The summed E-state index contributed by atoms with van der Waals surface area (Å²) in [6.45, 7) is 4.70. The van der Waals surface area contributed by atoms with Gasteiger partial charge < -0.3 is 15.2 Å². The Labute approximate surface area is 397 Å². The highest BCUT2D eigenvalue weighted by atomic mass is 15.2. The van der Waals surface area contributed by atoms with Gasteiger partial charge in [0.05, 0.1) is 57.0 Å². The highest BCUT2D eigenvalue weighted by Gasteiger charge is 2.26. The van der Waals surface area contributed by atoms with E-state index >= 15 is 0 Å². The number of benzene rings is 10. The largest absolute Gasteiger partial charge is 0.352 e. The molecule has 0 amide bonds. The summed E-state index contributed by atoms with van der Waals surface area (Å²) >= 11 is 0. The Bertz CT molecular complexity index is 4260. The molecular weight excluding hydrogens is 843 g/mol. The minimum absolute atomic E-state index is 0.408. The lowest BCUT2D eigenvalue weighted by Gasteiger charge is -2.26. The number of para-hydroxylation sites is 5. The number of nitrogens with one attached hydrogen (secondary N) is 2. The topological polar surface area (TPSA) is 71.0 Å².